The number of unbranched alkanes of at least 4 members (excludes halogenated alkanes) is 8. The van der Waals surface area contributed by atoms with Crippen molar-refractivity contribution in [2.24, 2.45) is 10.8 Å². The first kappa shape index (κ1) is 161. The van der Waals surface area contributed by atoms with Crippen LogP contribution in [0.1, 0.15) is 207 Å². The Morgan fingerprint density at radius 2 is 0.547 bits per heavy atom. The van der Waals surface area contributed by atoms with Crippen molar-refractivity contribution in [3.63, 3.8) is 0 Å². The van der Waals surface area contributed by atoms with Gasteiger partial charge in [-0.3, -0.25) is 9.36 Å². The smallest absolute Gasteiger partial charge is 0.360 e. The molecule has 0 bridgehead atoms. The molecule has 2 heterocycles. The monoisotopic (exact) mass is 1590 g/mol. The van der Waals surface area contributed by atoms with Gasteiger partial charge in [0.2, 0.25) is 0 Å². The number of carbonyl (C=O) groups is 2. The van der Waals surface area contributed by atoms with Crippen molar-refractivity contribution in [3.05, 3.63) is 23.8 Å². The van der Waals surface area contributed by atoms with Crippen LogP contribution in [-0.2, 0) is 205 Å². The van der Waals surface area contributed by atoms with Gasteiger partial charge in [0.05, 0.1) is 90.1 Å². The molecular formula is C56H106N10O23V6-30. The summed E-state index contributed by atoms with van der Waals surface area (Å²) in [5.74, 6) is -1.28. The zero-order valence-electron chi connectivity index (χ0n) is 57.7. The Balaban J connectivity index is -0.0000000316. The molecule has 2 aromatic rings. The maximum absolute atomic E-state index is 11.3. The van der Waals surface area contributed by atoms with Crippen molar-refractivity contribution in [2.45, 2.75) is 199 Å². The quantitative estimate of drug-likeness (QED) is 0.0688. The first-order chi connectivity index (χ1) is 36.5. The maximum Gasteiger partial charge on any atom is 0.360 e. The minimum Gasteiger partial charge on any atom is -2.00 e. The predicted octanol–water partition coefficient (Wildman–Crippen LogP) is 2.55. The molecule has 0 aliphatic rings. The molecule has 0 amide bonds. The molecule has 2 aromatic heterocycles. The van der Waals surface area contributed by atoms with Crippen molar-refractivity contribution in [3.8, 4) is 12.1 Å². The molecule has 2 rings (SSSR count). The number of ether oxygens (including phenoxy) is 2. The third-order valence-electron chi connectivity index (χ3n) is 12.8. The first-order valence-electron chi connectivity index (χ1n) is 28.5. The average Bonchev–Trinajstić information content (AvgIpc) is 4.13. The van der Waals surface area contributed by atoms with E-state index >= 15 is 0 Å². The predicted molar refractivity (Wildman–Crippen MR) is 296 cm³/mol. The number of esters is 2. The fraction of sp³-hybridized carbons (Fsp3) is 0.857. The number of carbonyl (C=O) groups excluding carboxylic acids is 2. The zero-order valence-corrected chi connectivity index (χ0v) is 66.1. The van der Waals surface area contributed by atoms with Crippen molar-refractivity contribution in [2.75, 3.05) is 105 Å². The Morgan fingerprint density at radius 3 is 0.674 bits per heavy atom. The average molecular weight is 1590 g/mol. The van der Waals surface area contributed by atoms with Crippen LogP contribution in [0, 0.1) is 33.5 Å². The third-order valence-corrected chi connectivity index (χ3v) is 12.8. The van der Waals surface area contributed by atoms with Crippen LogP contribution in [0.5, 0.6) is 0 Å². The standard InChI is InChI=1S/2C16H36N.2C10H14N3O5.2C2H3N.13O.6V/c2*1-5-9-13-17(14-10-6-2,15-11-7-3)16-12-8-4;2*1-2-18-9(17)8-3-13(12-11-8)4-10(5-14,6-15)7-16;2*1-2-3;;;;;;;;;;;;;;;;;;;/h2*5-16H2,1-4H3;2*3H,2,4-7H2,1H3;2*1H3;;;;;;;;;;;;;;;;;;;/q2*+1;2*-3;;;13*-2;;;;;;. The van der Waals surface area contributed by atoms with Crippen LogP contribution in [0.3, 0.4) is 0 Å². The third kappa shape index (κ3) is 78.4. The van der Waals surface area contributed by atoms with E-state index in [1.54, 1.807) is 26.0 Å². The normalized spacial score (nSPS) is 8.84. The van der Waals surface area contributed by atoms with Gasteiger partial charge in [-0.15, -0.1) is 49.8 Å². The van der Waals surface area contributed by atoms with Gasteiger partial charge in [-0.25, -0.2) is 9.59 Å². The van der Waals surface area contributed by atoms with Gasteiger partial charge in [-0.2, -0.15) is 10.5 Å². The van der Waals surface area contributed by atoms with Crippen LogP contribution < -0.4 is 30.6 Å². The molecule has 0 spiro atoms. The Labute approximate surface area is 639 Å². The van der Waals surface area contributed by atoms with Gasteiger partial charge < -0.3 is 120 Å². The second-order valence-corrected chi connectivity index (χ2v) is 19.7. The Morgan fingerprint density at radius 1 is 0.389 bits per heavy atom. The first-order valence-corrected chi connectivity index (χ1v) is 28.5. The molecule has 0 aliphatic heterocycles. The molecule has 6 radical (unpaired) electrons. The minimum atomic E-state index is -1.43. The van der Waals surface area contributed by atoms with E-state index in [2.05, 4.69) is 76.0 Å². The summed E-state index contributed by atoms with van der Waals surface area (Å²) in [4.78, 5) is 22.6. The largest absolute Gasteiger partial charge is 2.00 e. The summed E-state index contributed by atoms with van der Waals surface area (Å²) in [7, 11) is 0. The Bertz CT molecular complexity index is 1560. The van der Waals surface area contributed by atoms with Gasteiger partial charge in [0.1, 0.15) is 0 Å². The topological polar surface area (TPSA) is 670 Å². The molecule has 0 atom stereocenters. The molecular weight excluding hydrogens is 1490 g/mol. The van der Waals surface area contributed by atoms with Crippen molar-refractivity contribution in [1.82, 2.24) is 30.0 Å². The van der Waals surface area contributed by atoms with Gasteiger partial charge in [0, 0.05) is 138 Å². The molecule has 578 valence electrons. The summed E-state index contributed by atoms with van der Waals surface area (Å²) in [6.07, 6.45) is 24.6. The molecule has 39 heteroatoms. The van der Waals surface area contributed by atoms with Crippen LogP contribution in [0.2, 0.25) is 0 Å². The van der Waals surface area contributed by atoms with Crippen LogP contribution >= 0.6 is 0 Å². The van der Waals surface area contributed by atoms with E-state index in [1.807, 2.05) is 0 Å². The van der Waals surface area contributed by atoms with Crippen molar-refractivity contribution in [1.29, 1.82) is 10.5 Å². The SMILES string of the molecule is CC#N.CC#N.CCCC[N+](CCCC)(CCCC)CCCC.CCCC[N+](CCCC)(CCCC)CCCC.CCOC(=O)c1cn(CC(C[O-])(C[O-])C[O-])nn1.CCOC(=O)c1cn(CC(C[O-])(C[O-])C[O-])nn1.[O-2].[O-2].[O-2].[O-2].[O-2].[O-2].[O-2].[O-2].[O-2].[O-2].[O-2].[O-2].[O-2].[V].[V].[V].[V].[V].[V]. The van der Waals surface area contributed by atoms with Gasteiger partial charge >= 0.3 is 11.9 Å². The number of hydrogen-bond acceptors (Lipinski definition) is 16. The van der Waals surface area contributed by atoms with Crippen LogP contribution in [-0.4, -0.2) is 156 Å². The second kappa shape index (κ2) is 109. The zero-order chi connectivity index (χ0) is 58.6. The van der Waals surface area contributed by atoms with Crippen LogP contribution in [0.25, 0.3) is 0 Å². The fourth-order valence-electron chi connectivity index (χ4n) is 7.85. The van der Waals surface area contributed by atoms with Crippen molar-refractivity contribution < 1.29 is 241 Å². The fourth-order valence-corrected chi connectivity index (χ4v) is 7.85. The Kier molecular flexibility index (Phi) is 185. The number of rotatable bonds is 38. The van der Waals surface area contributed by atoms with E-state index in [0.29, 0.717) is 0 Å². The van der Waals surface area contributed by atoms with E-state index in [-0.39, 0.29) is 220 Å². The molecule has 95 heavy (non-hydrogen) atoms. The number of aromatic nitrogens is 6. The summed E-state index contributed by atoms with van der Waals surface area (Å²) < 4.78 is 14.6. The number of nitriles is 2. The second-order valence-electron chi connectivity index (χ2n) is 19.7. The number of hydrogen-bond donors (Lipinski definition) is 0. The van der Waals surface area contributed by atoms with Crippen LogP contribution in [0.15, 0.2) is 12.4 Å². The summed E-state index contributed by atoms with van der Waals surface area (Å²) >= 11 is 0. The summed E-state index contributed by atoms with van der Waals surface area (Å²) in [5, 5.41) is 94.4. The van der Waals surface area contributed by atoms with Crippen LogP contribution in [0.4, 0.5) is 0 Å². The Hall–Kier alpha value is -1.13. The molecule has 0 unspecified atom stereocenters. The molecule has 0 aromatic carbocycles. The van der Waals surface area contributed by atoms with Crippen molar-refractivity contribution >= 4 is 11.9 Å². The summed E-state index contributed by atoms with van der Waals surface area (Å²) in [6, 6.07) is 3.50. The number of quaternary nitrogens is 2. The van der Waals surface area contributed by atoms with E-state index in [9.17, 15) is 40.2 Å². The molecule has 0 saturated heterocycles. The van der Waals surface area contributed by atoms with Gasteiger partial charge in [0.25, 0.3) is 0 Å². The van der Waals surface area contributed by atoms with Gasteiger partial charge in [0.15, 0.2) is 11.4 Å². The maximum atomic E-state index is 11.3. The van der Waals surface area contributed by atoms with E-state index in [1.165, 1.54) is 190 Å². The summed E-state index contributed by atoms with van der Waals surface area (Å²) in [5.41, 5.74) is -2.90. The number of nitrogens with zero attached hydrogens (tertiary/aromatic N) is 10. The molecule has 0 saturated carbocycles. The van der Waals surface area contributed by atoms with E-state index in [0.717, 1.165) is 9.36 Å². The molecule has 0 fully saturated rings. The van der Waals surface area contributed by atoms with Gasteiger partial charge in [-0.1, -0.05) is 128 Å². The minimum absolute atomic E-state index is 0. The van der Waals surface area contributed by atoms with E-state index in [4.69, 9.17) is 20.0 Å². The molecule has 0 aliphatic carbocycles. The van der Waals surface area contributed by atoms with E-state index < -0.39 is 62.4 Å². The molecule has 33 nitrogen and oxygen atoms in total. The summed E-state index contributed by atoms with van der Waals surface area (Å²) in [6.45, 7) is 31.6. The van der Waals surface area contributed by atoms with Gasteiger partial charge in [-0.05, 0) is 65.2 Å². The molecule has 0 N–H and O–H groups in total.